The van der Waals surface area contributed by atoms with Crippen molar-refractivity contribution in [3.05, 3.63) is 24.0 Å². The molecule has 1 amide bonds. The van der Waals surface area contributed by atoms with Gasteiger partial charge in [0.1, 0.15) is 5.82 Å². The molecular formula is C15H21N5O2. The number of nitrogens with one attached hydrogen (secondary N) is 1. The molecule has 1 N–H and O–H groups in total. The number of rotatable bonds is 3. The second-order valence-corrected chi connectivity index (χ2v) is 5.49. The van der Waals surface area contributed by atoms with E-state index in [2.05, 4.69) is 15.4 Å². The third-order valence-corrected chi connectivity index (χ3v) is 3.86. The fourth-order valence-electron chi connectivity index (χ4n) is 2.77. The SMILES string of the molecule is CCOC(=O)N1CCC(Nc2cc(C)nc3ccnn23)CC1. The molecule has 0 radical (unpaired) electrons. The van der Waals surface area contributed by atoms with Crippen LogP contribution in [0.4, 0.5) is 10.6 Å². The molecule has 1 aliphatic heterocycles. The van der Waals surface area contributed by atoms with Gasteiger partial charge in [0, 0.05) is 37.0 Å². The van der Waals surface area contributed by atoms with E-state index < -0.39 is 0 Å². The zero-order valence-corrected chi connectivity index (χ0v) is 13.0. The zero-order valence-electron chi connectivity index (χ0n) is 13.0. The highest BCUT2D eigenvalue weighted by Crippen LogP contribution is 2.18. The molecule has 1 fully saturated rings. The Kier molecular flexibility index (Phi) is 4.13. The van der Waals surface area contributed by atoms with Crippen LogP contribution in [0.3, 0.4) is 0 Å². The van der Waals surface area contributed by atoms with Gasteiger partial charge in [-0.15, -0.1) is 0 Å². The summed E-state index contributed by atoms with van der Waals surface area (Å²) in [6.07, 6.45) is 3.32. The van der Waals surface area contributed by atoms with Gasteiger partial charge in [0.25, 0.3) is 0 Å². The minimum Gasteiger partial charge on any atom is -0.450 e. The van der Waals surface area contributed by atoms with E-state index >= 15 is 0 Å². The molecule has 0 aromatic carbocycles. The summed E-state index contributed by atoms with van der Waals surface area (Å²) in [6, 6.07) is 4.21. The Labute approximate surface area is 129 Å². The quantitative estimate of drug-likeness (QED) is 0.940. The highest BCUT2D eigenvalue weighted by atomic mass is 16.6. The third-order valence-electron chi connectivity index (χ3n) is 3.86. The number of piperidine rings is 1. The lowest BCUT2D eigenvalue weighted by Crippen LogP contribution is -2.42. The number of hydrogen-bond donors (Lipinski definition) is 1. The predicted octanol–water partition coefficient (Wildman–Crippen LogP) is 2.07. The summed E-state index contributed by atoms with van der Waals surface area (Å²) in [5.41, 5.74) is 1.80. The fraction of sp³-hybridized carbons (Fsp3) is 0.533. The van der Waals surface area contributed by atoms with E-state index in [9.17, 15) is 4.79 Å². The van der Waals surface area contributed by atoms with Gasteiger partial charge in [-0.3, -0.25) is 0 Å². The van der Waals surface area contributed by atoms with Gasteiger partial charge < -0.3 is 15.0 Å². The highest BCUT2D eigenvalue weighted by molar-refractivity contribution is 5.67. The first-order valence-electron chi connectivity index (χ1n) is 7.67. The zero-order chi connectivity index (χ0) is 15.5. The molecule has 7 nitrogen and oxygen atoms in total. The molecule has 3 rings (SSSR count). The molecule has 0 saturated carbocycles. The maximum Gasteiger partial charge on any atom is 0.409 e. The smallest absolute Gasteiger partial charge is 0.409 e. The van der Waals surface area contributed by atoms with Crippen molar-refractivity contribution in [2.75, 3.05) is 25.0 Å². The van der Waals surface area contributed by atoms with Crippen LogP contribution in [0.25, 0.3) is 5.65 Å². The maximum absolute atomic E-state index is 11.7. The number of nitrogens with zero attached hydrogens (tertiary/aromatic N) is 4. The first-order valence-corrected chi connectivity index (χ1v) is 7.67. The largest absolute Gasteiger partial charge is 0.450 e. The summed E-state index contributed by atoms with van der Waals surface area (Å²) >= 11 is 0. The van der Waals surface area contributed by atoms with E-state index in [-0.39, 0.29) is 6.09 Å². The van der Waals surface area contributed by atoms with Crippen molar-refractivity contribution in [2.24, 2.45) is 0 Å². The van der Waals surface area contributed by atoms with E-state index in [1.165, 1.54) is 0 Å². The lowest BCUT2D eigenvalue weighted by Gasteiger charge is -2.32. The van der Waals surface area contributed by atoms with Gasteiger partial charge >= 0.3 is 6.09 Å². The van der Waals surface area contributed by atoms with E-state index in [1.54, 1.807) is 11.1 Å². The molecule has 2 aromatic heterocycles. The summed E-state index contributed by atoms with van der Waals surface area (Å²) in [4.78, 5) is 17.9. The molecule has 0 aliphatic carbocycles. The molecule has 0 unspecified atom stereocenters. The predicted molar refractivity (Wildman–Crippen MR) is 83.0 cm³/mol. The summed E-state index contributed by atoms with van der Waals surface area (Å²) in [5.74, 6) is 0.946. The number of aryl methyl sites for hydroxylation is 1. The Morgan fingerprint density at radius 2 is 2.23 bits per heavy atom. The van der Waals surface area contributed by atoms with Crippen LogP contribution in [-0.2, 0) is 4.74 Å². The van der Waals surface area contributed by atoms with E-state index in [0.29, 0.717) is 25.7 Å². The van der Waals surface area contributed by atoms with E-state index in [4.69, 9.17) is 4.74 Å². The summed E-state index contributed by atoms with van der Waals surface area (Å²) in [7, 11) is 0. The Hall–Kier alpha value is -2.31. The van der Waals surface area contributed by atoms with Crippen LogP contribution in [0.2, 0.25) is 0 Å². The lowest BCUT2D eigenvalue weighted by molar-refractivity contribution is 0.0983. The van der Waals surface area contributed by atoms with Gasteiger partial charge in [-0.2, -0.15) is 9.61 Å². The second kappa shape index (κ2) is 6.21. The molecule has 22 heavy (non-hydrogen) atoms. The normalized spacial score (nSPS) is 16.0. The van der Waals surface area contributed by atoms with Crippen molar-refractivity contribution in [1.82, 2.24) is 19.5 Å². The molecule has 0 bridgehead atoms. The minimum absolute atomic E-state index is 0.213. The number of likely N-dealkylation sites (tertiary alicyclic amines) is 1. The van der Waals surface area contributed by atoms with Gasteiger partial charge in [-0.1, -0.05) is 0 Å². The monoisotopic (exact) mass is 303 g/mol. The summed E-state index contributed by atoms with van der Waals surface area (Å²) in [5, 5.41) is 7.82. The Balaban J connectivity index is 1.65. The van der Waals surface area contributed by atoms with Gasteiger partial charge in [-0.05, 0) is 26.7 Å². The average molecular weight is 303 g/mol. The van der Waals surface area contributed by atoms with Crippen molar-refractivity contribution in [3.63, 3.8) is 0 Å². The Bertz CT molecular complexity index is 661. The first-order chi connectivity index (χ1) is 10.7. The number of aromatic nitrogens is 3. The van der Waals surface area contributed by atoms with Gasteiger partial charge in [0.15, 0.2) is 5.65 Å². The summed E-state index contributed by atoms with van der Waals surface area (Å²) in [6.45, 7) is 5.64. The van der Waals surface area contributed by atoms with E-state index in [0.717, 1.165) is 30.0 Å². The number of carbonyl (C=O) groups excluding carboxylic acids is 1. The van der Waals surface area contributed by atoms with Gasteiger partial charge in [0.05, 0.1) is 12.8 Å². The molecule has 1 aliphatic rings. The minimum atomic E-state index is -0.213. The molecule has 2 aromatic rings. The van der Waals surface area contributed by atoms with Gasteiger partial charge in [-0.25, -0.2) is 9.78 Å². The first kappa shape index (κ1) is 14.6. The molecule has 0 spiro atoms. The number of fused-ring (bicyclic) bond motifs is 1. The van der Waals surface area contributed by atoms with Crippen LogP contribution >= 0.6 is 0 Å². The van der Waals surface area contributed by atoms with Crippen LogP contribution in [0.1, 0.15) is 25.5 Å². The number of hydrogen-bond acceptors (Lipinski definition) is 5. The molecular weight excluding hydrogens is 282 g/mol. The standard InChI is InChI=1S/C15H21N5O2/c1-3-22-15(21)19-8-5-12(6-9-19)18-14-10-11(2)17-13-4-7-16-20(13)14/h4,7,10,12,18H,3,5-6,8-9H2,1-2H3. The lowest BCUT2D eigenvalue weighted by atomic mass is 10.1. The van der Waals surface area contributed by atoms with Crippen LogP contribution in [0.5, 0.6) is 0 Å². The average Bonchev–Trinajstić information content (AvgIpc) is 2.96. The van der Waals surface area contributed by atoms with Crippen LogP contribution in [0, 0.1) is 6.92 Å². The topological polar surface area (TPSA) is 71.8 Å². The number of ether oxygens (including phenoxy) is 1. The second-order valence-electron chi connectivity index (χ2n) is 5.49. The molecule has 0 atom stereocenters. The molecule has 3 heterocycles. The fourth-order valence-corrected chi connectivity index (χ4v) is 2.77. The molecule has 118 valence electrons. The van der Waals surface area contributed by atoms with Crippen molar-refractivity contribution in [1.29, 1.82) is 0 Å². The van der Waals surface area contributed by atoms with Crippen LogP contribution < -0.4 is 5.32 Å². The summed E-state index contributed by atoms with van der Waals surface area (Å²) < 4.78 is 6.85. The Morgan fingerprint density at radius 1 is 1.45 bits per heavy atom. The van der Waals surface area contributed by atoms with Crippen molar-refractivity contribution < 1.29 is 9.53 Å². The number of anilines is 1. The molecule has 1 saturated heterocycles. The van der Waals surface area contributed by atoms with E-state index in [1.807, 2.05) is 30.5 Å². The van der Waals surface area contributed by atoms with Gasteiger partial charge in [0.2, 0.25) is 0 Å². The van der Waals surface area contributed by atoms with Crippen LogP contribution in [0.15, 0.2) is 18.3 Å². The third kappa shape index (κ3) is 2.98. The van der Waals surface area contributed by atoms with Crippen molar-refractivity contribution >= 4 is 17.6 Å². The van der Waals surface area contributed by atoms with Crippen molar-refractivity contribution in [3.8, 4) is 0 Å². The highest BCUT2D eigenvalue weighted by Gasteiger charge is 2.24. The maximum atomic E-state index is 11.7. The number of amides is 1. The van der Waals surface area contributed by atoms with Crippen molar-refractivity contribution in [2.45, 2.75) is 32.7 Å². The van der Waals surface area contributed by atoms with Crippen LogP contribution in [-0.4, -0.2) is 51.3 Å². The number of carbonyl (C=O) groups is 1. The molecule has 7 heteroatoms. The Morgan fingerprint density at radius 3 is 2.95 bits per heavy atom.